The lowest BCUT2D eigenvalue weighted by Crippen LogP contribution is -2.56. The Morgan fingerprint density at radius 1 is 1.47 bits per heavy atom. The van der Waals surface area contributed by atoms with E-state index >= 15 is 0 Å². The summed E-state index contributed by atoms with van der Waals surface area (Å²) in [7, 11) is 1.25. The van der Waals surface area contributed by atoms with E-state index in [4.69, 9.17) is 10.8 Å². The fraction of sp³-hybridized carbons (Fsp3) is 0.778. The summed E-state index contributed by atoms with van der Waals surface area (Å²) < 4.78 is 4.58. The van der Waals surface area contributed by atoms with Crippen molar-refractivity contribution in [3.63, 3.8) is 0 Å². The van der Waals surface area contributed by atoms with Crippen LogP contribution in [0.5, 0.6) is 0 Å². The SMILES string of the molecule is COC(=O)N1CC(N)CC2CC21C(=O)O.Cl.Cl. The third-order valence-electron chi connectivity index (χ3n) is 3.32. The largest absolute Gasteiger partial charge is 0.479 e. The number of amides is 1. The minimum absolute atomic E-state index is 0. The summed E-state index contributed by atoms with van der Waals surface area (Å²) in [6.07, 6.45) is 0.556. The van der Waals surface area contributed by atoms with Crippen LogP contribution >= 0.6 is 24.8 Å². The Balaban J connectivity index is 0.00000128. The second kappa shape index (κ2) is 5.29. The number of ether oxygens (including phenoxy) is 1. The van der Waals surface area contributed by atoms with Crippen LogP contribution in [0.3, 0.4) is 0 Å². The standard InChI is InChI=1S/C9H14N2O4.2ClH/c1-15-8(14)11-4-6(10)2-5-3-9(5,11)7(12)13;;/h5-6H,2-4,10H2,1H3,(H,12,13);2*1H. The molecule has 17 heavy (non-hydrogen) atoms. The highest BCUT2D eigenvalue weighted by Gasteiger charge is 2.68. The van der Waals surface area contributed by atoms with E-state index < -0.39 is 17.6 Å². The first kappa shape index (κ1) is 16.3. The van der Waals surface area contributed by atoms with E-state index in [1.165, 1.54) is 12.0 Å². The quantitative estimate of drug-likeness (QED) is 0.731. The number of fused-ring (bicyclic) bond motifs is 1. The lowest BCUT2D eigenvalue weighted by Gasteiger charge is -2.35. The number of nitrogens with two attached hydrogens (primary N) is 1. The van der Waals surface area contributed by atoms with Crippen molar-refractivity contribution < 1.29 is 19.4 Å². The van der Waals surface area contributed by atoms with Gasteiger partial charge >= 0.3 is 12.1 Å². The number of halogens is 2. The molecular weight excluding hydrogens is 271 g/mol. The molecule has 2 fully saturated rings. The predicted molar refractivity (Wildman–Crippen MR) is 64.7 cm³/mol. The Hall–Kier alpha value is -0.720. The van der Waals surface area contributed by atoms with Gasteiger partial charge in [0, 0.05) is 12.6 Å². The first-order valence-corrected chi connectivity index (χ1v) is 4.87. The van der Waals surface area contributed by atoms with Gasteiger partial charge in [0.1, 0.15) is 5.54 Å². The number of carboxylic acid groups (broad SMARTS) is 1. The van der Waals surface area contributed by atoms with Gasteiger partial charge in [-0.15, -0.1) is 24.8 Å². The molecule has 0 aromatic heterocycles. The molecule has 8 heteroatoms. The number of aliphatic carboxylic acids is 1. The smallest absolute Gasteiger partial charge is 0.410 e. The topological polar surface area (TPSA) is 92.9 Å². The summed E-state index contributed by atoms with van der Waals surface area (Å²) in [5, 5.41) is 9.15. The van der Waals surface area contributed by atoms with Gasteiger partial charge in [-0.2, -0.15) is 0 Å². The number of nitrogens with zero attached hydrogens (tertiary/aromatic N) is 1. The van der Waals surface area contributed by atoms with Gasteiger partial charge in [-0.25, -0.2) is 9.59 Å². The highest BCUT2D eigenvalue weighted by Crippen LogP contribution is 2.54. The third-order valence-corrected chi connectivity index (χ3v) is 3.32. The van der Waals surface area contributed by atoms with Crippen LogP contribution in [0.4, 0.5) is 4.79 Å². The third kappa shape index (κ3) is 2.29. The van der Waals surface area contributed by atoms with E-state index in [9.17, 15) is 9.59 Å². The maximum Gasteiger partial charge on any atom is 0.410 e. The fourth-order valence-electron chi connectivity index (χ4n) is 2.49. The minimum Gasteiger partial charge on any atom is -0.479 e. The molecule has 100 valence electrons. The maximum absolute atomic E-state index is 11.4. The van der Waals surface area contributed by atoms with E-state index in [0.29, 0.717) is 12.8 Å². The first-order valence-electron chi connectivity index (χ1n) is 4.87. The van der Waals surface area contributed by atoms with Gasteiger partial charge in [-0.05, 0) is 18.8 Å². The Bertz CT molecular complexity index is 328. The van der Waals surface area contributed by atoms with Crippen LogP contribution in [0, 0.1) is 5.92 Å². The van der Waals surface area contributed by atoms with Gasteiger partial charge in [-0.3, -0.25) is 4.90 Å². The average Bonchev–Trinajstić information content (AvgIpc) is 2.90. The number of rotatable bonds is 1. The molecule has 1 aliphatic heterocycles. The van der Waals surface area contributed by atoms with Crippen LogP contribution in [0.1, 0.15) is 12.8 Å². The molecule has 1 saturated carbocycles. The number of piperidine rings is 1. The summed E-state index contributed by atoms with van der Waals surface area (Å²) in [5.41, 5.74) is 4.71. The zero-order valence-corrected chi connectivity index (χ0v) is 10.9. The summed E-state index contributed by atoms with van der Waals surface area (Å²) in [6, 6.07) is -0.149. The summed E-state index contributed by atoms with van der Waals surface area (Å²) in [6.45, 7) is 0.259. The fourth-order valence-corrected chi connectivity index (χ4v) is 2.49. The molecular formula is C9H16Cl2N2O4. The Morgan fingerprint density at radius 2 is 2.06 bits per heavy atom. The van der Waals surface area contributed by atoms with E-state index in [0.717, 1.165) is 0 Å². The minimum atomic E-state index is -1.04. The molecule has 2 aliphatic rings. The van der Waals surface area contributed by atoms with Crippen LogP contribution in [-0.4, -0.2) is 47.3 Å². The molecule has 3 unspecified atom stereocenters. The van der Waals surface area contributed by atoms with Gasteiger partial charge < -0.3 is 15.6 Å². The number of carbonyl (C=O) groups is 2. The van der Waals surface area contributed by atoms with Gasteiger partial charge in [-0.1, -0.05) is 0 Å². The molecule has 1 saturated heterocycles. The monoisotopic (exact) mass is 286 g/mol. The Morgan fingerprint density at radius 3 is 2.53 bits per heavy atom. The van der Waals surface area contributed by atoms with Crippen molar-refractivity contribution in [2.75, 3.05) is 13.7 Å². The van der Waals surface area contributed by atoms with E-state index in [1.54, 1.807) is 0 Å². The molecule has 3 N–H and O–H groups in total. The van der Waals surface area contributed by atoms with Crippen molar-refractivity contribution in [1.82, 2.24) is 4.90 Å². The van der Waals surface area contributed by atoms with Crippen molar-refractivity contribution in [2.45, 2.75) is 24.4 Å². The molecule has 1 heterocycles. The molecule has 0 spiro atoms. The lowest BCUT2D eigenvalue weighted by molar-refractivity contribution is -0.146. The molecule has 0 aromatic rings. The first-order chi connectivity index (χ1) is 7.02. The van der Waals surface area contributed by atoms with Crippen molar-refractivity contribution >= 4 is 36.9 Å². The lowest BCUT2D eigenvalue weighted by atomic mass is 9.99. The normalized spacial score (nSPS) is 33.6. The average molecular weight is 287 g/mol. The van der Waals surface area contributed by atoms with Crippen LogP contribution in [0.2, 0.25) is 0 Å². The molecule has 1 amide bonds. The summed E-state index contributed by atoms with van der Waals surface area (Å²) in [5.74, 6) is -0.970. The maximum atomic E-state index is 11.4. The number of hydrogen-bond acceptors (Lipinski definition) is 4. The zero-order chi connectivity index (χ0) is 11.2. The van der Waals surface area contributed by atoms with E-state index in [1.807, 2.05) is 0 Å². The molecule has 0 radical (unpaired) electrons. The van der Waals surface area contributed by atoms with Gasteiger partial charge in [0.15, 0.2) is 0 Å². The second-order valence-electron chi connectivity index (χ2n) is 4.21. The second-order valence-corrected chi connectivity index (χ2v) is 4.21. The summed E-state index contributed by atoms with van der Waals surface area (Å²) >= 11 is 0. The predicted octanol–water partition coefficient (Wildman–Crippen LogP) is 0.473. The van der Waals surface area contributed by atoms with Crippen LogP contribution < -0.4 is 5.73 Å². The van der Waals surface area contributed by atoms with Crippen molar-refractivity contribution in [3.8, 4) is 0 Å². The zero-order valence-electron chi connectivity index (χ0n) is 9.29. The highest BCUT2D eigenvalue weighted by molar-refractivity contribution is 5.88. The highest BCUT2D eigenvalue weighted by atomic mass is 35.5. The number of likely N-dealkylation sites (tertiary alicyclic amines) is 1. The number of carboxylic acids is 1. The van der Waals surface area contributed by atoms with Crippen LogP contribution in [0.25, 0.3) is 0 Å². The molecule has 2 rings (SSSR count). The van der Waals surface area contributed by atoms with Crippen LogP contribution in [0.15, 0.2) is 0 Å². The van der Waals surface area contributed by atoms with Gasteiger partial charge in [0.2, 0.25) is 0 Å². The molecule has 0 aromatic carbocycles. The van der Waals surface area contributed by atoms with Crippen molar-refractivity contribution in [2.24, 2.45) is 11.7 Å². The number of methoxy groups -OCH3 is 1. The number of carbonyl (C=O) groups excluding carboxylic acids is 1. The number of hydrogen-bond donors (Lipinski definition) is 2. The Labute approximate surface area is 111 Å². The van der Waals surface area contributed by atoms with Crippen LogP contribution in [-0.2, 0) is 9.53 Å². The van der Waals surface area contributed by atoms with Gasteiger partial charge in [0.25, 0.3) is 0 Å². The van der Waals surface area contributed by atoms with Crippen molar-refractivity contribution in [1.29, 1.82) is 0 Å². The van der Waals surface area contributed by atoms with E-state index in [-0.39, 0.29) is 43.3 Å². The van der Waals surface area contributed by atoms with Gasteiger partial charge in [0.05, 0.1) is 7.11 Å². The molecule has 6 nitrogen and oxygen atoms in total. The molecule has 3 atom stereocenters. The van der Waals surface area contributed by atoms with E-state index in [2.05, 4.69) is 4.74 Å². The van der Waals surface area contributed by atoms with Crippen molar-refractivity contribution in [3.05, 3.63) is 0 Å². The molecule has 1 aliphatic carbocycles. The molecule has 0 bridgehead atoms. The Kier molecular flexibility index (Phi) is 5.06. The summed E-state index contributed by atoms with van der Waals surface area (Å²) in [4.78, 5) is 23.9.